The van der Waals surface area contributed by atoms with Gasteiger partial charge in [-0.2, -0.15) is 5.10 Å². The second-order valence-electron chi connectivity index (χ2n) is 2.88. The first-order chi connectivity index (χ1) is 7.22. The molecule has 0 aliphatic rings. The Balaban J connectivity index is 2.54. The van der Waals surface area contributed by atoms with E-state index in [0.29, 0.717) is 17.7 Å². The number of nitrogens with zero attached hydrogens (tertiary/aromatic N) is 2. The Morgan fingerprint density at radius 3 is 2.87 bits per heavy atom. The van der Waals surface area contributed by atoms with Crippen LogP contribution in [-0.2, 0) is 0 Å². The molecular weight excluding hydrogens is 219 g/mol. The first kappa shape index (κ1) is 9.86. The highest BCUT2D eigenvalue weighted by molar-refractivity contribution is 6.30. The molecule has 0 saturated heterocycles. The molecule has 0 radical (unpaired) electrons. The zero-order valence-electron chi connectivity index (χ0n) is 7.52. The minimum Gasteiger partial charge on any atom is -0.296 e. The van der Waals surface area contributed by atoms with Gasteiger partial charge in [-0.05, 0) is 24.3 Å². The van der Waals surface area contributed by atoms with Crippen molar-refractivity contribution in [2.24, 2.45) is 0 Å². The highest BCUT2D eigenvalue weighted by Crippen LogP contribution is 2.19. The summed E-state index contributed by atoms with van der Waals surface area (Å²) in [6.07, 6.45) is 2.16. The van der Waals surface area contributed by atoms with E-state index in [0.717, 1.165) is 0 Å². The molecule has 3 nitrogen and oxygen atoms in total. The molecule has 1 heterocycles. The number of halogens is 2. The molecule has 0 bridgehead atoms. The van der Waals surface area contributed by atoms with Crippen molar-refractivity contribution in [1.82, 2.24) is 9.78 Å². The lowest BCUT2D eigenvalue weighted by Gasteiger charge is -2.03. The van der Waals surface area contributed by atoms with Crippen LogP contribution in [0.4, 0.5) is 4.39 Å². The molecule has 5 heteroatoms. The number of aldehydes is 1. The number of hydrogen-bond donors (Lipinski definition) is 0. The molecule has 0 amide bonds. The maximum Gasteiger partial charge on any atom is 0.168 e. The molecule has 1 aromatic carbocycles. The SMILES string of the molecule is O=Cc1ccnn1-c1ccc(F)c(Cl)c1. The van der Waals surface area contributed by atoms with E-state index in [1.165, 1.54) is 29.1 Å². The topological polar surface area (TPSA) is 34.9 Å². The normalized spacial score (nSPS) is 10.3. The van der Waals surface area contributed by atoms with Gasteiger partial charge in [-0.25, -0.2) is 9.07 Å². The molecule has 76 valence electrons. The average Bonchev–Trinajstić information content (AvgIpc) is 2.70. The van der Waals surface area contributed by atoms with Crippen LogP contribution in [0, 0.1) is 5.82 Å². The predicted octanol–water partition coefficient (Wildman–Crippen LogP) is 2.48. The smallest absolute Gasteiger partial charge is 0.168 e. The summed E-state index contributed by atoms with van der Waals surface area (Å²) in [5, 5.41) is 3.93. The standard InChI is InChI=1S/C10H6ClFN2O/c11-9-5-7(1-2-10(9)12)14-8(6-15)3-4-13-14/h1-6H. The van der Waals surface area contributed by atoms with E-state index in [2.05, 4.69) is 5.10 Å². The van der Waals surface area contributed by atoms with Gasteiger partial charge in [0.05, 0.1) is 16.9 Å². The third-order valence-corrected chi connectivity index (χ3v) is 2.23. The summed E-state index contributed by atoms with van der Waals surface area (Å²) in [7, 11) is 0. The fraction of sp³-hybridized carbons (Fsp3) is 0. The molecule has 1 aromatic heterocycles. The first-order valence-corrected chi connectivity index (χ1v) is 4.55. The number of rotatable bonds is 2. The Bertz CT molecular complexity index is 510. The second kappa shape index (κ2) is 3.82. The van der Waals surface area contributed by atoms with Crippen molar-refractivity contribution in [3.8, 4) is 5.69 Å². The molecule has 2 rings (SSSR count). The van der Waals surface area contributed by atoms with Crippen molar-refractivity contribution in [3.63, 3.8) is 0 Å². The van der Waals surface area contributed by atoms with Gasteiger partial charge in [0.1, 0.15) is 11.5 Å². The molecule has 0 spiro atoms. The van der Waals surface area contributed by atoms with Crippen molar-refractivity contribution in [2.75, 3.05) is 0 Å². The summed E-state index contributed by atoms with van der Waals surface area (Å²) >= 11 is 5.62. The number of benzene rings is 1. The zero-order chi connectivity index (χ0) is 10.8. The molecule has 0 aliphatic carbocycles. The van der Waals surface area contributed by atoms with Crippen molar-refractivity contribution in [2.45, 2.75) is 0 Å². The maximum absolute atomic E-state index is 12.9. The molecule has 0 atom stereocenters. The Morgan fingerprint density at radius 1 is 1.40 bits per heavy atom. The van der Waals surface area contributed by atoms with E-state index in [1.807, 2.05) is 0 Å². The van der Waals surface area contributed by atoms with Gasteiger partial charge in [-0.15, -0.1) is 0 Å². The minimum atomic E-state index is -0.500. The van der Waals surface area contributed by atoms with Crippen LogP contribution in [-0.4, -0.2) is 16.1 Å². The highest BCUT2D eigenvalue weighted by atomic mass is 35.5. The molecule has 0 fully saturated rings. The quantitative estimate of drug-likeness (QED) is 0.735. The summed E-state index contributed by atoms with van der Waals surface area (Å²) in [5.74, 6) is -0.500. The zero-order valence-corrected chi connectivity index (χ0v) is 8.28. The maximum atomic E-state index is 12.9. The molecule has 2 aromatic rings. The van der Waals surface area contributed by atoms with E-state index in [4.69, 9.17) is 11.6 Å². The van der Waals surface area contributed by atoms with E-state index < -0.39 is 5.82 Å². The minimum absolute atomic E-state index is 0.000140. The Kier molecular flexibility index (Phi) is 2.51. The average molecular weight is 225 g/mol. The van der Waals surface area contributed by atoms with Gasteiger partial charge in [0.25, 0.3) is 0 Å². The molecule has 0 saturated carbocycles. The third-order valence-electron chi connectivity index (χ3n) is 1.94. The van der Waals surface area contributed by atoms with Gasteiger partial charge >= 0.3 is 0 Å². The van der Waals surface area contributed by atoms with Crippen LogP contribution in [0.15, 0.2) is 30.5 Å². The van der Waals surface area contributed by atoms with Gasteiger partial charge < -0.3 is 0 Å². The summed E-state index contributed by atoms with van der Waals surface area (Å²) in [5.41, 5.74) is 0.936. The summed E-state index contributed by atoms with van der Waals surface area (Å²) in [6, 6.07) is 5.70. The van der Waals surface area contributed by atoms with Crippen molar-refractivity contribution >= 4 is 17.9 Å². The van der Waals surface area contributed by atoms with E-state index >= 15 is 0 Å². The third kappa shape index (κ3) is 1.76. The molecular formula is C10H6ClFN2O. The van der Waals surface area contributed by atoms with E-state index in [9.17, 15) is 9.18 Å². The summed E-state index contributed by atoms with van der Waals surface area (Å²) in [6.45, 7) is 0. The van der Waals surface area contributed by atoms with Crippen LogP contribution in [0.2, 0.25) is 5.02 Å². The van der Waals surface area contributed by atoms with Crippen LogP contribution >= 0.6 is 11.6 Å². The lowest BCUT2D eigenvalue weighted by molar-refractivity contribution is 0.111. The lowest BCUT2D eigenvalue weighted by atomic mass is 10.3. The molecule has 15 heavy (non-hydrogen) atoms. The van der Waals surface area contributed by atoms with Gasteiger partial charge in [0.15, 0.2) is 6.29 Å². The fourth-order valence-corrected chi connectivity index (χ4v) is 1.41. The molecule has 0 unspecified atom stereocenters. The fourth-order valence-electron chi connectivity index (χ4n) is 1.24. The first-order valence-electron chi connectivity index (χ1n) is 4.17. The number of aromatic nitrogens is 2. The number of carbonyl (C=O) groups is 1. The van der Waals surface area contributed by atoms with Crippen molar-refractivity contribution in [1.29, 1.82) is 0 Å². The van der Waals surface area contributed by atoms with Gasteiger partial charge in [-0.3, -0.25) is 4.79 Å². The molecule has 0 N–H and O–H groups in total. The van der Waals surface area contributed by atoms with Gasteiger partial charge in [-0.1, -0.05) is 11.6 Å². The Hall–Kier alpha value is -1.68. The lowest BCUT2D eigenvalue weighted by Crippen LogP contribution is -2.01. The van der Waals surface area contributed by atoms with Gasteiger partial charge in [0, 0.05) is 0 Å². The summed E-state index contributed by atoms with van der Waals surface area (Å²) in [4.78, 5) is 10.6. The van der Waals surface area contributed by atoms with Crippen molar-refractivity contribution < 1.29 is 9.18 Å². The Morgan fingerprint density at radius 2 is 2.20 bits per heavy atom. The predicted molar refractivity (Wildman–Crippen MR) is 53.9 cm³/mol. The highest BCUT2D eigenvalue weighted by Gasteiger charge is 2.06. The van der Waals surface area contributed by atoms with Crippen LogP contribution in [0.25, 0.3) is 5.69 Å². The number of carbonyl (C=O) groups excluding carboxylic acids is 1. The summed E-state index contributed by atoms with van der Waals surface area (Å²) < 4.78 is 14.3. The van der Waals surface area contributed by atoms with Crippen molar-refractivity contribution in [3.05, 3.63) is 47.0 Å². The van der Waals surface area contributed by atoms with E-state index in [-0.39, 0.29) is 5.02 Å². The van der Waals surface area contributed by atoms with Gasteiger partial charge in [0.2, 0.25) is 0 Å². The van der Waals surface area contributed by atoms with Crippen LogP contribution < -0.4 is 0 Å². The second-order valence-corrected chi connectivity index (χ2v) is 3.29. The van der Waals surface area contributed by atoms with Crippen LogP contribution in [0.1, 0.15) is 10.5 Å². The Labute approximate surface area is 90.1 Å². The number of hydrogen-bond acceptors (Lipinski definition) is 2. The monoisotopic (exact) mass is 224 g/mol. The largest absolute Gasteiger partial charge is 0.296 e. The van der Waals surface area contributed by atoms with Crippen LogP contribution in [0.3, 0.4) is 0 Å². The molecule has 0 aliphatic heterocycles. The van der Waals surface area contributed by atoms with Crippen LogP contribution in [0.5, 0.6) is 0 Å². The van der Waals surface area contributed by atoms with E-state index in [1.54, 1.807) is 6.07 Å².